The van der Waals surface area contributed by atoms with Crippen molar-refractivity contribution in [2.24, 2.45) is 7.05 Å². The SMILES string of the molecule is Cn1cnc(C(=O)N2C[C@@H](O)C[C@@H]2c2ccc(F)cc2)c1. The minimum atomic E-state index is -0.576. The molecule has 0 spiro atoms. The molecule has 1 aliphatic heterocycles. The Bertz CT molecular complexity index is 653. The van der Waals surface area contributed by atoms with Crippen molar-refractivity contribution in [2.45, 2.75) is 18.6 Å². The number of benzene rings is 1. The van der Waals surface area contributed by atoms with Crippen molar-refractivity contribution in [2.75, 3.05) is 6.54 Å². The summed E-state index contributed by atoms with van der Waals surface area (Å²) >= 11 is 0. The maximum Gasteiger partial charge on any atom is 0.274 e. The van der Waals surface area contributed by atoms with Crippen LogP contribution in [-0.4, -0.2) is 38.1 Å². The van der Waals surface area contributed by atoms with Crippen LogP contribution in [0.4, 0.5) is 4.39 Å². The molecular weight excluding hydrogens is 273 g/mol. The number of carbonyl (C=O) groups excluding carboxylic acids is 1. The van der Waals surface area contributed by atoms with Gasteiger partial charge in [-0.1, -0.05) is 12.1 Å². The van der Waals surface area contributed by atoms with E-state index >= 15 is 0 Å². The molecule has 1 saturated heterocycles. The van der Waals surface area contributed by atoms with Gasteiger partial charge in [-0.25, -0.2) is 9.37 Å². The molecule has 1 aromatic heterocycles. The number of rotatable bonds is 2. The molecule has 2 atom stereocenters. The first-order valence-corrected chi connectivity index (χ1v) is 6.77. The van der Waals surface area contributed by atoms with Crippen LogP contribution >= 0.6 is 0 Å². The molecule has 5 nitrogen and oxygen atoms in total. The predicted octanol–water partition coefficient (Wildman–Crippen LogP) is 1.51. The largest absolute Gasteiger partial charge is 0.391 e. The monoisotopic (exact) mass is 289 g/mol. The molecule has 1 fully saturated rings. The quantitative estimate of drug-likeness (QED) is 0.911. The van der Waals surface area contributed by atoms with E-state index in [1.165, 1.54) is 12.1 Å². The highest BCUT2D eigenvalue weighted by atomic mass is 19.1. The van der Waals surface area contributed by atoms with Crippen molar-refractivity contribution >= 4 is 5.91 Å². The van der Waals surface area contributed by atoms with E-state index < -0.39 is 6.10 Å². The second kappa shape index (κ2) is 5.29. The van der Waals surface area contributed by atoms with Gasteiger partial charge >= 0.3 is 0 Å². The Morgan fingerprint density at radius 2 is 2.10 bits per heavy atom. The highest BCUT2D eigenvalue weighted by Crippen LogP contribution is 2.33. The highest BCUT2D eigenvalue weighted by Gasteiger charge is 2.36. The summed E-state index contributed by atoms with van der Waals surface area (Å²) in [6.45, 7) is 0.261. The number of aliphatic hydroxyl groups is 1. The minimum absolute atomic E-state index is 0.221. The molecule has 1 aromatic carbocycles. The van der Waals surface area contributed by atoms with Crippen LogP contribution in [0.3, 0.4) is 0 Å². The summed E-state index contributed by atoms with van der Waals surface area (Å²) in [6, 6.07) is 5.77. The molecule has 1 aliphatic rings. The summed E-state index contributed by atoms with van der Waals surface area (Å²) in [5.74, 6) is -0.540. The number of likely N-dealkylation sites (tertiary alicyclic amines) is 1. The van der Waals surface area contributed by atoms with Crippen molar-refractivity contribution in [1.29, 1.82) is 0 Å². The van der Waals surface area contributed by atoms with Crippen molar-refractivity contribution < 1.29 is 14.3 Å². The van der Waals surface area contributed by atoms with E-state index in [0.29, 0.717) is 12.1 Å². The average Bonchev–Trinajstić information content (AvgIpc) is 3.05. The Balaban J connectivity index is 1.88. The van der Waals surface area contributed by atoms with Crippen LogP contribution in [0.1, 0.15) is 28.5 Å². The maximum absolute atomic E-state index is 13.0. The van der Waals surface area contributed by atoms with E-state index in [1.807, 2.05) is 0 Å². The van der Waals surface area contributed by atoms with E-state index in [9.17, 15) is 14.3 Å². The van der Waals surface area contributed by atoms with E-state index in [-0.39, 0.29) is 24.3 Å². The molecule has 21 heavy (non-hydrogen) atoms. The fraction of sp³-hybridized carbons (Fsp3) is 0.333. The third-order valence-corrected chi connectivity index (χ3v) is 3.72. The first kappa shape index (κ1) is 13.8. The number of hydrogen-bond donors (Lipinski definition) is 1. The molecular formula is C15H16FN3O2. The van der Waals surface area contributed by atoms with Crippen LogP contribution < -0.4 is 0 Å². The number of aryl methyl sites for hydroxylation is 1. The van der Waals surface area contributed by atoms with Gasteiger partial charge in [0.25, 0.3) is 5.91 Å². The van der Waals surface area contributed by atoms with E-state index in [1.54, 1.807) is 41.2 Å². The molecule has 0 unspecified atom stereocenters. The Morgan fingerprint density at radius 1 is 1.38 bits per heavy atom. The average molecular weight is 289 g/mol. The molecule has 0 bridgehead atoms. The molecule has 3 rings (SSSR count). The molecule has 1 N–H and O–H groups in total. The zero-order valence-electron chi connectivity index (χ0n) is 11.6. The third-order valence-electron chi connectivity index (χ3n) is 3.72. The number of halogens is 1. The normalized spacial score (nSPS) is 21.8. The third kappa shape index (κ3) is 2.67. The van der Waals surface area contributed by atoms with Crippen LogP contribution in [0.2, 0.25) is 0 Å². The maximum atomic E-state index is 13.0. The summed E-state index contributed by atoms with van der Waals surface area (Å²) in [5.41, 5.74) is 1.16. The van der Waals surface area contributed by atoms with Gasteiger partial charge in [-0.3, -0.25) is 4.79 Å². The predicted molar refractivity (Wildman–Crippen MR) is 74.0 cm³/mol. The number of carbonyl (C=O) groups is 1. The molecule has 2 aromatic rings. The summed E-state index contributed by atoms with van der Waals surface area (Å²) in [5, 5.41) is 9.89. The lowest BCUT2D eigenvalue weighted by Gasteiger charge is -2.24. The van der Waals surface area contributed by atoms with Crippen LogP contribution in [0, 0.1) is 5.82 Å². The number of nitrogens with zero attached hydrogens (tertiary/aromatic N) is 3. The summed E-state index contributed by atoms with van der Waals surface area (Å²) in [4.78, 5) is 18.2. The van der Waals surface area contributed by atoms with Crippen LogP contribution in [-0.2, 0) is 7.05 Å². The van der Waals surface area contributed by atoms with Crippen molar-refractivity contribution in [3.05, 3.63) is 53.9 Å². The molecule has 2 heterocycles. The zero-order valence-corrected chi connectivity index (χ0v) is 11.6. The number of β-amino-alcohol motifs (C(OH)–C–C–N with tert-alkyl or cyclic N) is 1. The molecule has 1 amide bonds. The number of imidazole rings is 1. The Hall–Kier alpha value is -2.21. The molecule has 110 valence electrons. The first-order valence-electron chi connectivity index (χ1n) is 6.77. The Labute approximate surface area is 121 Å². The number of aromatic nitrogens is 2. The summed E-state index contributed by atoms with van der Waals surface area (Å²) in [7, 11) is 1.79. The van der Waals surface area contributed by atoms with Crippen LogP contribution in [0.15, 0.2) is 36.8 Å². The summed E-state index contributed by atoms with van der Waals surface area (Å²) in [6.07, 6.45) is 3.08. The fourth-order valence-electron chi connectivity index (χ4n) is 2.71. The van der Waals surface area contributed by atoms with Gasteiger partial charge in [0.2, 0.25) is 0 Å². The van der Waals surface area contributed by atoms with E-state index in [4.69, 9.17) is 0 Å². The molecule has 0 aliphatic carbocycles. The Morgan fingerprint density at radius 3 is 2.71 bits per heavy atom. The van der Waals surface area contributed by atoms with Gasteiger partial charge in [-0.2, -0.15) is 0 Å². The second-order valence-electron chi connectivity index (χ2n) is 5.34. The van der Waals surface area contributed by atoms with Crippen molar-refractivity contribution in [1.82, 2.24) is 14.5 Å². The Kier molecular flexibility index (Phi) is 3.47. The van der Waals surface area contributed by atoms with Crippen molar-refractivity contribution in [3.63, 3.8) is 0 Å². The lowest BCUT2D eigenvalue weighted by Crippen LogP contribution is -2.32. The van der Waals surface area contributed by atoms with E-state index in [2.05, 4.69) is 4.98 Å². The zero-order chi connectivity index (χ0) is 15.0. The fourth-order valence-corrected chi connectivity index (χ4v) is 2.71. The summed E-state index contributed by atoms with van der Waals surface area (Å²) < 4.78 is 14.7. The van der Waals surface area contributed by atoms with E-state index in [0.717, 1.165) is 5.56 Å². The lowest BCUT2D eigenvalue weighted by molar-refractivity contribution is 0.0710. The topological polar surface area (TPSA) is 58.4 Å². The molecule has 0 radical (unpaired) electrons. The molecule has 6 heteroatoms. The smallest absolute Gasteiger partial charge is 0.274 e. The van der Waals surface area contributed by atoms with Gasteiger partial charge < -0.3 is 14.6 Å². The van der Waals surface area contributed by atoms with Gasteiger partial charge in [0.05, 0.1) is 18.5 Å². The first-order chi connectivity index (χ1) is 10.0. The number of amides is 1. The lowest BCUT2D eigenvalue weighted by atomic mass is 10.0. The van der Waals surface area contributed by atoms with Gasteiger partial charge in [0.15, 0.2) is 0 Å². The number of hydrogen-bond acceptors (Lipinski definition) is 3. The number of aliphatic hydroxyl groups excluding tert-OH is 1. The van der Waals surface area contributed by atoms with Crippen LogP contribution in [0.25, 0.3) is 0 Å². The van der Waals surface area contributed by atoms with Gasteiger partial charge in [0.1, 0.15) is 11.5 Å². The van der Waals surface area contributed by atoms with Gasteiger partial charge in [0, 0.05) is 19.8 Å². The second-order valence-corrected chi connectivity index (χ2v) is 5.34. The highest BCUT2D eigenvalue weighted by molar-refractivity contribution is 5.92. The van der Waals surface area contributed by atoms with Crippen molar-refractivity contribution in [3.8, 4) is 0 Å². The molecule has 0 saturated carbocycles. The minimum Gasteiger partial charge on any atom is -0.391 e. The van der Waals surface area contributed by atoms with Crippen LogP contribution in [0.5, 0.6) is 0 Å². The van der Waals surface area contributed by atoms with Gasteiger partial charge in [-0.15, -0.1) is 0 Å². The van der Waals surface area contributed by atoms with Gasteiger partial charge in [-0.05, 0) is 24.1 Å². The standard InChI is InChI=1S/C15H16FN3O2/c1-18-8-13(17-9-18)15(21)19-7-12(20)6-14(19)10-2-4-11(16)5-3-10/h2-5,8-9,12,14,20H,6-7H2,1H3/t12-,14+/m0/s1.